The molecule has 2 aromatic heterocycles. The standard InChI is InChI=1S/C14H20BrN5S/c1-10-17-6-13(21-10)7-18-14(16-2)20(4)9-12-5-11(15)8-19(12)3/h5-6,8H,7,9H2,1-4H3,(H,16,18). The van der Waals surface area contributed by atoms with Crippen LogP contribution in [0.25, 0.3) is 0 Å². The molecule has 2 aromatic rings. The van der Waals surface area contributed by atoms with E-state index in [4.69, 9.17) is 0 Å². The molecule has 2 rings (SSSR count). The van der Waals surface area contributed by atoms with Gasteiger partial charge in [0.15, 0.2) is 5.96 Å². The molecule has 0 aromatic carbocycles. The number of aromatic nitrogens is 2. The zero-order chi connectivity index (χ0) is 15.4. The summed E-state index contributed by atoms with van der Waals surface area (Å²) in [4.78, 5) is 11.9. The Morgan fingerprint density at radius 3 is 2.86 bits per heavy atom. The number of rotatable bonds is 4. The Morgan fingerprint density at radius 2 is 2.33 bits per heavy atom. The summed E-state index contributed by atoms with van der Waals surface area (Å²) in [7, 11) is 5.88. The average Bonchev–Trinajstić information content (AvgIpc) is 2.96. The van der Waals surface area contributed by atoms with Crippen LogP contribution in [0.1, 0.15) is 15.6 Å². The lowest BCUT2D eigenvalue weighted by Gasteiger charge is -2.22. The molecule has 0 unspecified atom stereocenters. The minimum atomic E-state index is 0.749. The Bertz CT molecular complexity index is 631. The predicted molar refractivity (Wildman–Crippen MR) is 91.6 cm³/mol. The molecule has 0 fully saturated rings. The number of guanidine groups is 1. The van der Waals surface area contributed by atoms with Gasteiger partial charge in [-0.3, -0.25) is 4.99 Å². The van der Waals surface area contributed by atoms with E-state index in [1.165, 1.54) is 10.6 Å². The first kappa shape index (κ1) is 16.0. The molecule has 7 heteroatoms. The molecule has 2 heterocycles. The molecule has 0 aliphatic heterocycles. The molecular weight excluding hydrogens is 350 g/mol. The van der Waals surface area contributed by atoms with Gasteiger partial charge in [-0.05, 0) is 28.9 Å². The van der Waals surface area contributed by atoms with Crippen molar-refractivity contribution in [3.8, 4) is 0 Å². The highest BCUT2D eigenvalue weighted by Crippen LogP contribution is 2.15. The lowest BCUT2D eigenvalue weighted by atomic mass is 10.4. The molecule has 0 amide bonds. The quantitative estimate of drug-likeness (QED) is 0.665. The Labute approximate surface area is 137 Å². The highest BCUT2D eigenvalue weighted by molar-refractivity contribution is 9.10. The van der Waals surface area contributed by atoms with Crippen molar-refractivity contribution in [3.63, 3.8) is 0 Å². The van der Waals surface area contributed by atoms with Crippen LogP contribution >= 0.6 is 27.3 Å². The lowest BCUT2D eigenvalue weighted by molar-refractivity contribution is 0.462. The fourth-order valence-corrected chi connectivity index (χ4v) is 3.39. The van der Waals surface area contributed by atoms with Crippen molar-refractivity contribution in [1.82, 2.24) is 19.8 Å². The number of aryl methyl sites for hydroxylation is 2. The minimum absolute atomic E-state index is 0.749. The van der Waals surface area contributed by atoms with Gasteiger partial charge in [-0.2, -0.15) is 0 Å². The molecule has 0 saturated heterocycles. The fraction of sp³-hybridized carbons (Fsp3) is 0.429. The molecule has 0 bridgehead atoms. The van der Waals surface area contributed by atoms with Crippen molar-refractivity contribution < 1.29 is 0 Å². The van der Waals surface area contributed by atoms with E-state index in [0.717, 1.165) is 28.5 Å². The van der Waals surface area contributed by atoms with Crippen LogP contribution in [0.2, 0.25) is 0 Å². The Balaban J connectivity index is 1.95. The van der Waals surface area contributed by atoms with E-state index in [0.29, 0.717) is 0 Å². The number of aliphatic imine (C=N–C) groups is 1. The Kier molecular flexibility index (Phi) is 5.41. The SMILES string of the molecule is CN=C(NCc1cnc(C)s1)N(C)Cc1cc(Br)cn1C. The highest BCUT2D eigenvalue weighted by atomic mass is 79.9. The zero-order valence-corrected chi connectivity index (χ0v) is 15.1. The van der Waals surface area contributed by atoms with Gasteiger partial charge in [0.2, 0.25) is 0 Å². The van der Waals surface area contributed by atoms with Gasteiger partial charge in [0.05, 0.1) is 18.1 Å². The molecule has 0 saturated carbocycles. The Hall–Kier alpha value is -1.34. The molecular formula is C14H20BrN5S. The molecule has 0 spiro atoms. The van der Waals surface area contributed by atoms with Crippen LogP contribution in [-0.4, -0.2) is 34.5 Å². The van der Waals surface area contributed by atoms with E-state index >= 15 is 0 Å². The van der Waals surface area contributed by atoms with Gasteiger partial charge in [-0.1, -0.05) is 0 Å². The summed E-state index contributed by atoms with van der Waals surface area (Å²) in [5.74, 6) is 0.873. The predicted octanol–water partition coefficient (Wildman–Crippen LogP) is 2.76. The van der Waals surface area contributed by atoms with Crippen molar-refractivity contribution in [2.75, 3.05) is 14.1 Å². The second-order valence-electron chi connectivity index (χ2n) is 4.86. The topological polar surface area (TPSA) is 45.5 Å². The number of hydrogen-bond acceptors (Lipinski definition) is 3. The summed E-state index contributed by atoms with van der Waals surface area (Å²) in [6.07, 6.45) is 3.97. The smallest absolute Gasteiger partial charge is 0.194 e. The van der Waals surface area contributed by atoms with E-state index in [1.807, 2.05) is 27.2 Å². The van der Waals surface area contributed by atoms with Crippen LogP contribution in [0, 0.1) is 6.92 Å². The number of halogens is 1. The molecule has 5 nitrogen and oxygen atoms in total. The third-order valence-corrected chi connectivity index (χ3v) is 4.48. The van der Waals surface area contributed by atoms with Crippen LogP contribution in [0.4, 0.5) is 0 Å². The third-order valence-electron chi connectivity index (χ3n) is 3.14. The molecule has 114 valence electrons. The zero-order valence-electron chi connectivity index (χ0n) is 12.7. The van der Waals surface area contributed by atoms with E-state index in [9.17, 15) is 0 Å². The van der Waals surface area contributed by atoms with Crippen LogP contribution in [-0.2, 0) is 20.1 Å². The maximum atomic E-state index is 4.34. The lowest BCUT2D eigenvalue weighted by Crippen LogP contribution is -2.38. The highest BCUT2D eigenvalue weighted by Gasteiger charge is 2.10. The van der Waals surface area contributed by atoms with Gasteiger partial charge in [0.1, 0.15) is 0 Å². The van der Waals surface area contributed by atoms with Crippen molar-refractivity contribution in [3.05, 3.63) is 38.5 Å². The van der Waals surface area contributed by atoms with Gasteiger partial charge < -0.3 is 14.8 Å². The molecule has 0 aliphatic carbocycles. The van der Waals surface area contributed by atoms with E-state index in [1.54, 1.807) is 18.4 Å². The largest absolute Gasteiger partial charge is 0.352 e. The molecule has 0 atom stereocenters. The summed E-state index contributed by atoms with van der Waals surface area (Å²) in [5.41, 5.74) is 1.22. The van der Waals surface area contributed by atoms with Gasteiger partial charge in [-0.25, -0.2) is 4.98 Å². The number of nitrogens with one attached hydrogen (secondary N) is 1. The van der Waals surface area contributed by atoms with Crippen molar-refractivity contribution in [1.29, 1.82) is 0 Å². The van der Waals surface area contributed by atoms with Gasteiger partial charge in [0, 0.05) is 48.6 Å². The van der Waals surface area contributed by atoms with Crippen molar-refractivity contribution >= 4 is 33.2 Å². The van der Waals surface area contributed by atoms with Gasteiger partial charge in [0.25, 0.3) is 0 Å². The first-order valence-corrected chi connectivity index (χ1v) is 8.24. The summed E-state index contributed by atoms with van der Waals surface area (Å²) in [6.45, 7) is 3.56. The minimum Gasteiger partial charge on any atom is -0.352 e. The van der Waals surface area contributed by atoms with Crippen LogP contribution < -0.4 is 5.32 Å². The number of hydrogen-bond donors (Lipinski definition) is 1. The first-order chi connectivity index (χ1) is 9.99. The number of thiazole rings is 1. The molecule has 0 radical (unpaired) electrons. The summed E-state index contributed by atoms with van der Waals surface area (Å²) >= 11 is 5.20. The average molecular weight is 370 g/mol. The maximum Gasteiger partial charge on any atom is 0.194 e. The monoisotopic (exact) mass is 369 g/mol. The maximum absolute atomic E-state index is 4.34. The van der Waals surface area contributed by atoms with Crippen molar-refractivity contribution in [2.45, 2.75) is 20.0 Å². The number of nitrogens with zero attached hydrogens (tertiary/aromatic N) is 4. The molecule has 0 aliphatic rings. The van der Waals surface area contributed by atoms with E-state index in [2.05, 4.69) is 53.0 Å². The normalized spacial score (nSPS) is 11.8. The summed E-state index contributed by atoms with van der Waals surface area (Å²) in [5, 5.41) is 4.46. The van der Waals surface area contributed by atoms with Crippen LogP contribution in [0.5, 0.6) is 0 Å². The second-order valence-corrected chi connectivity index (χ2v) is 7.10. The molecule has 1 N–H and O–H groups in total. The van der Waals surface area contributed by atoms with E-state index in [-0.39, 0.29) is 0 Å². The second kappa shape index (κ2) is 7.09. The van der Waals surface area contributed by atoms with E-state index < -0.39 is 0 Å². The Morgan fingerprint density at radius 1 is 1.57 bits per heavy atom. The third kappa shape index (κ3) is 4.31. The van der Waals surface area contributed by atoms with Crippen LogP contribution in [0.3, 0.4) is 0 Å². The summed E-state index contributed by atoms with van der Waals surface area (Å²) < 4.78 is 3.21. The van der Waals surface area contributed by atoms with Gasteiger partial charge >= 0.3 is 0 Å². The van der Waals surface area contributed by atoms with Gasteiger partial charge in [-0.15, -0.1) is 11.3 Å². The summed E-state index contributed by atoms with van der Waals surface area (Å²) in [6, 6.07) is 2.12. The van der Waals surface area contributed by atoms with Crippen LogP contribution in [0.15, 0.2) is 27.9 Å². The first-order valence-electron chi connectivity index (χ1n) is 6.63. The van der Waals surface area contributed by atoms with Crippen molar-refractivity contribution in [2.24, 2.45) is 12.0 Å². The fourth-order valence-electron chi connectivity index (χ4n) is 2.08. The molecule has 21 heavy (non-hydrogen) atoms.